The fourth-order valence-corrected chi connectivity index (χ4v) is 2.76. The highest BCUT2D eigenvalue weighted by atomic mass is 35.5. The van der Waals surface area contributed by atoms with Crippen molar-refractivity contribution in [3.8, 4) is 0 Å². The predicted octanol–water partition coefficient (Wildman–Crippen LogP) is 4.05. The molecule has 0 aromatic heterocycles. The van der Waals surface area contributed by atoms with Gasteiger partial charge in [-0.3, -0.25) is 4.79 Å². The number of nitrogens with zero attached hydrogens (tertiary/aromatic N) is 1. The van der Waals surface area contributed by atoms with Gasteiger partial charge in [0.15, 0.2) is 0 Å². The highest BCUT2D eigenvalue weighted by Gasteiger charge is 2.35. The maximum Gasteiger partial charge on any atom is 0.254 e. The highest BCUT2D eigenvalue weighted by Crippen LogP contribution is 2.36. The summed E-state index contributed by atoms with van der Waals surface area (Å²) in [4.78, 5) is 13.5. The first kappa shape index (κ1) is 14.3. The Morgan fingerprint density at radius 3 is 2.79 bits per heavy atom. The molecule has 1 heterocycles. The lowest BCUT2D eigenvalue weighted by molar-refractivity contribution is -0.138. The number of halogens is 3. The van der Waals surface area contributed by atoms with Crippen LogP contribution in [0, 0.1) is 0 Å². The molecule has 1 atom stereocenters. The Hall–Kier alpha value is -1.16. The molecule has 1 aliphatic rings. The van der Waals surface area contributed by atoms with E-state index in [2.05, 4.69) is 0 Å². The van der Waals surface area contributed by atoms with Crippen molar-refractivity contribution < 1.29 is 13.6 Å². The smallest absolute Gasteiger partial charge is 0.254 e. The summed E-state index contributed by atoms with van der Waals surface area (Å²) in [7, 11) is 0. The molecule has 5 heteroatoms. The van der Waals surface area contributed by atoms with Crippen molar-refractivity contribution in [3.63, 3.8) is 0 Å². The van der Waals surface area contributed by atoms with Crippen LogP contribution >= 0.6 is 11.6 Å². The molecule has 1 fully saturated rings. The fraction of sp³-hybridized carbons (Fsp3) is 0.500. The Balaban J connectivity index is 2.18. The van der Waals surface area contributed by atoms with Crippen LogP contribution in [-0.4, -0.2) is 23.3 Å². The van der Waals surface area contributed by atoms with E-state index in [0.29, 0.717) is 11.6 Å². The molecule has 1 amide bonds. The SMILES string of the molecule is CC(F)(F)CC(=O)N1CCC[C@H]1c1ccccc1Cl. The average molecular weight is 288 g/mol. The normalized spacial score (nSPS) is 19.8. The second-order valence-electron chi connectivity index (χ2n) is 5.01. The Kier molecular flexibility index (Phi) is 4.09. The second-order valence-corrected chi connectivity index (χ2v) is 5.42. The Bertz CT molecular complexity index is 473. The van der Waals surface area contributed by atoms with Gasteiger partial charge in [0.05, 0.1) is 12.5 Å². The van der Waals surface area contributed by atoms with Crippen LogP contribution in [0.1, 0.15) is 37.8 Å². The standard InChI is InChI=1S/C14H16ClF2NO/c1-14(16,17)9-13(19)18-8-4-7-12(18)10-5-2-3-6-11(10)15/h2-3,5-6,12H,4,7-9H2,1H3/t12-/m0/s1. The molecule has 0 unspecified atom stereocenters. The minimum absolute atomic E-state index is 0.177. The lowest BCUT2D eigenvalue weighted by atomic mass is 10.0. The molecule has 1 aromatic carbocycles. The molecule has 0 spiro atoms. The summed E-state index contributed by atoms with van der Waals surface area (Å²) in [5.41, 5.74) is 0.842. The maximum absolute atomic E-state index is 13.0. The third-order valence-electron chi connectivity index (χ3n) is 3.30. The van der Waals surface area contributed by atoms with E-state index in [1.54, 1.807) is 6.07 Å². The first-order valence-electron chi connectivity index (χ1n) is 6.30. The van der Waals surface area contributed by atoms with E-state index in [-0.39, 0.29) is 6.04 Å². The lowest BCUT2D eigenvalue weighted by Gasteiger charge is -2.27. The molecule has 0 saturated carbocycles. The van der Waals surface area contributed by atoms with Crippen LogP contribution < -0.4 is 0 Å². The van der Waals surface area contributed by atoms with Crippen molar-refractivity contribution >= 4 is 17.5 Å². The van der Waals surface area contributed by atoms with E-state index in [1.165, 1.54) is 4.90 Å². The number of rotatable bonds is 3. The molecule has 1 saturated heterocycles. The van der Waals surface area contributed by atoms with Crippen molar-refractivity contribution in [2.24, 2.45) is 0 Å². The van der Waals surface area contributed by atoms with Crippen LogP contribution in [-0.2, 0) is 4.79 Å². The van der Waals surface area contributed by atoms with E-state index in [9.17, 15) is 13.6 Å². The van der Waals surface area contributed by atoms with Crippen LogP contribution in [0.15, 0.2) is 24.3 Å². The van der Waals surface area contributed by atoms with Crippen molar-refractivity contribution in [1.29, 1.82) is 0 Å². The number of carbonyl (C=O) groups excluding carboxylic acids is 1. The minimum atomic E-state index is -2.97. The van der Waals surface area contributed by atoms with Gasteiger partial charge in [0.25, 0.3) is 5.92 Å². The molecule has 0 N–H and O–H groups in total. The molecule has 0 radical (unpaired) electrons. The summed E-state index contributed by atoms with van der Waals surface area (Å²) in [6, 6.07) is 7.09. The summed E-state index contributed by atoms with van der Waals surface area (Å²) >= 11 is 6.12. The molecular weight excluding hydrogens is 272 g/mol. The number of benzene rings is 1. The Labute approximate surface area is 116 Å². The average Bonchev–Trinajstić information content (AvgIpc) is 2.76. The summed E-state index contributed by atoms with van der Waals surface area (Å²) in [5.74, 6) is -3.47. The van der Waals surface area contributed by atoms with Gasteiger partial charge in [-0.25, -0.2) is 8.78 Å². The number of amides is 1. The number of hydrogen-bond acceptors (Lipinski definition) is 1. The second kappa shape index (κ2) is 5.45. The van der Waals surface area contributed by atoms with Gasteiger partial charge in [-0.05, 0) is 31.4 Å². The Morgan fingerprint density at radius 1 is 1.47 bits per heavy atom. The van der Waals surface area contributed by atoms with Gasteiger partial charge in [-0.2, -0.15) is 0 Å². The summed E-state index contributed by atoms with van der Waals surface area (Å²) in [6.45, 7) is 1.29. The molecule has 1 aliphatic heterocycles. The largest absolute Gasteiger partial charge is 0.335 e. The van der Waals surface area contributed by atoms with Crippen LogP contribution in [0.3, 0.4) is 0 Å². The van der Waals surface area contributed by atoms with E-state index < -0.39 is 18.3 Å². The molecule has 2 nitrogen and oxygen atoms in total. The molecule has 1 aromatic rings. The zero-order valence-electron chi connectivity index (χ0n) is 10.7. The van der Waals surface area contributed by atoms with Gasteiger partial charge >= 0.3 is 0 Å². The Morgan fingerprint density at radius 2 is 2.16 bits per heavy atom. The van der Waals surface area contributed by atoms with E-state index >= 15 is 0 Å². The van der Waals surface area contributed by atoms with E-state index in [4.69, 9.17) is 11.6 Å². The zero-order valence-corrected chi connectivity index (χ0v) is 11.5. The topological polar surface area (TPSA) is 20.3 Å². The van der Waals surface area contributed by atoms with Crippen LogP contribution in [0.25, 0.3) is 0 Å². The summed E-state index contributed by atoms with van der Waals surface area (Å²) in [5, 5.41) is 0.579. The molecule has 0 bridgehead atoms. The number of hydrogen-bond donors (Lipinski definition) is 0. The third kappa shape index (κ3) is 3.44. The van der Waals surface area contributed by atoms with Gasteiger partial charge in [0.2, 0.25) is 5.91 Å². The first-order valence-corrected chi connectivity index (χ1v) is 6.68. The van der Waals surface area contributed by atoms with Crippen molar-refractivity contribution in [2.45, 2.75) is 38.2 Å². The summed E-state index contributed by atoms with van der Waals surface area (Å²) in [6.07, 6.45) is 0.843. The van der Waals surface area contributed by atoms with Gasteiger partial charge in [-0.15, -0.1) is 0 Å². The zero-order chi connectivity index (χ0) is 14.0. The van der Waals surface area contributed by atoms with Gasteiger partial charge in [0, 0.05) is 11.6 Å². The van der Waals surface area contributed by atoms with E-state index in [1.807, 2.05) is 18.2 Å². The van der Waals surface area contributed by atoms with Crippen LogP contribution in [0.5, 0.6) is 0 Å². The molecule has 2 rings (SSSR count). The van der Waals surface area contributed by atoms with E-state index in [0.717, 1.165) is 25.3 Å². The quantitative estimate of drug-likeness (QED) is 0.821. The van der Waals surface area contributed by atoms with Gasteiger partial charge in [0.1, 0.15) is 0 Å². The molecule has 0 aliphatic carbocycles. The van der Waals surface area contributed by atoms with Crippen molar-refractivity contribution in [3.05, 3.63) is 34.9 Å². The molecular formula is C14H16ClF2NO. The third-order valence-corrected chi connectivity index (χ3v) is 3.64. The fourth-order valence-electron chi connectivity index (χ4n) is 2.50. The van der Waals surface area contributed by atoms with Crippen LogP contribution in [0.4, 0.5) is 8.78 Å². The van der Waals surface area contributed by atoms with Crippen molar-refractivity contribution in [2.75, 3.05) is 6.54 Å². The maximum atomic E-state index is 13.0. The first-order chi connectivity index (χ1) is 8.88. The number of carbonyl (C=O) groups is 1. The van der Waals surface area contributed by atoms with Gasteiger partial charge < -0.3 is 4.90 Å². The van der Waals surface area contributed by atoms with Gasteiger partial charge in [-0.1, -0.05) is 29.8 Å². The molecule has 104 valence electrons. The number of alkyl halides is 2. The summed E-state index contributed by atoms with van der Waals surface area (Å²) < 4.78 is 25.9. The highest BCUT2D eigenvalue weighted by molar-refractivity contribution is 6.31. The predicted molar refractivity (Wildman–Crippen MR) is 70.4 cm³/mol. The van der Waals surface area contributed by atoms with Crippen LogP contribution in [0.2, 0.25) is 5.02 Å². The lowest BCUT2D eigenvalue weighted by Crippen LogP contribution is -2.34. The minimum Gasteiger partial charge on any atom is -0.335 e. The molecule has 19 heavy (non-hydrogen) atoms. The van der Waals surface area contributed by atoms with Crippen molar-refractivity contribution in [1.82, 2.24) is 4.90 Å². The monoisotopic (exact) mass is 287 g/mol. The number of likely N-dealkylation sites (tertiary alicyclic amines) is 1.